The van der Waals surface area contributed by atoms with Gasteiger partial charge in [0.2, 0.25) is 5.91 Å². The van der Waals surface area contributed by atoms with Gasteiger partial charge in [-0.3, -0.25) is 19.4 Å². The second-order valence-corrected chi connectivity index (χ2v) is 16.4. The van der Waals surface area contributed by atoms with Crippen molar-refractivity contribution in [2.24, 2.45) is 17.3 Å². The van der Waals surface area contributed by atoms with Gasteiger partial charge in [0.15, 0.2) is 5.82 Å². The molecule has 3 heterocycles. The molecular weight excluding hydrogens is 612 g/mol. The first-order valence-corrected chi connectivity index (χ1v) is 18.8. The number of rotatable bonds is 9. The topological polar surface area (TPSA) is 93.5 Å². The van der Waals surface area contributed by atoms with Gasteiger partial charge in [-0.15, -0.1) is 0 Å². The number of hydrogen-bond acceptors (Lipinski definition) is 6. The lowest BCUT2D eigenvalue weighted by Gasteiger charge is -2.55. The Morgan fingerprint density at radius 3 is 2.18 bits per heavy atom. The Morgan fingerprint density at radius 2 is 1.59 bits per heavy atom. The number of amides is 2. The fourth-order valence-electron chi connectivity index (χ4n) is 8.85. The van der Waals surface area contributed by atoms with Gasteiger partial charge in [0.05, 0.1) is 24.3 Å². The first-order chi connectivity index (χ1) is 23.5. The summed E-state index contributed by atoms with van der Waals surface area (Å²) in [5.41, 5.74) is 4.82. The molecule has 9 heteroatoms. The molecular formula is C40H54N6O3. The summed E-state index contributed by atoms with van der Waals surface area (Å²) < 4.78 is 7.78. The number of ether oxygens (including phenoxy) is 1. The van der Waals surface area contributed by atoms with Crippen molar-refractivity contribution < 1.29 is 14.3 Å². The maximum absolute atomic E-state index is 14.6. The van der Waals surface area contributed by atoms with E-state index in [4.69, 9.17) is 9.72 Å². The molecule has 0 atom stereocenters. The van der Waals surface area contributed by atoms with Crippen molar-refractivity contribution >= 4 is 17.8 Å². The minimum Gasteiger partial charge on any atom is -0.446 e. The summed E-state index contributed by atoms with van der Waals surface area (Å²) in [5, 5.41) is 4.52. The third-order valence-electron chi connectivity index (χ3n) is 12.3. The number of carbonyl (C=O) groups excluding carboxylic acids is 2. The van der Waals surface area contributed by atoms with E-state index in [9.17, 15) is 9.59 Å². The molecule has 8 rings (SSSR count). The molecule has 4 saturated carbocycles. The fourth-order valence-corrected chi connectivity index (χ4v) is 8.85. The van der Waals surface area contributed by atoms with Gasteiger partial charge in [-0.2, -0.15) is 5.10 Å². The molecule has 1 aromatic carbocycles. The van der Waals surface area contributed by atoms with Gasteiger partial charge in [0, 0.05) is 43.4 Å². The highest BCUT2D eigenvalue weighted by atomic mass is 16.6. The highest BCUT2D eigenvalue weighted by molar-refractivity contribution is 5.94. The van der Waals surface area contributed by atoms with E-state index in [-0.39, 0.29) is 40.9 Å². The molecule has 1 saturated heterocycles. The number of likely N-dealkylation sites (tertiary alicyclic amines) is 1. The van der Waals surface area contributed by atoms with Crippen LogP contribution < -0.4 is 4.90 Å². The SMILES string of the molecule is CC1CN(C(=O)OC2CCC(C(=O)N(CC34CCC(c5ccc(C(C)C)cc5)(CC3)CC4)c3cncc(-c4cnn(C(C)C)c4)n3)CC2)C1. The zero-order valence-corrected chi connectivity index (χ0v) is 30.1. The van der Waals surface area contributed by atoms with E-state index in [2.05, 4.69) is 69.0 Å². The first kappa shape index (κ1) is 33.7. The van der Waals surface area contributed by atoms with Crippen molar-refractivity contribution in [3.63, 3.8) is 0 Å². The average Bonchev–Trinajstić information content (AvgIpc) is 3.62. The predicted octanol–water partition coefficient (Wildman–Crippen LogP) is 8.32. The van der Waals surface area contributed by atoms with Crippen LogP contribution >= 0.6 is 0 Å². The van der Waals surface area contributed by atoms with Crippen molar-refractivity contribution in [1.82, 2.24) is 24.6 Å². The molecule has 0 N–H and O–H groups in total. The molecule has 2 aromatic heterocycles. The quantitative estimate of drug-likeness (QED) is 0.228. The minimum atomic E-state index is -0.206. The van der Waals surface area contributed by atoms with Gasteiger partial charge in [-0.1, -0.05) is 45.0 Å². The molecule has 2 bridgehead atoms. The zero-order valence-electron chi connectivity index (χ0n) is 30.1. The Morgan fingerprint density at radius 1 is 0.918 bits per heavy atom. The van der Waals surface area contributed by atoms with E-state index >= 15 is 0 Å². The van der Waals surface area contributed by atoms with Gasteiger partial charge >= 0.3 is 6.09 Å². The summed E-state index contributed by atoms with van der Waals surface area (Å²) >= 11 is 0. The highest BCUT2D eigenvalue weighted by Gasteiger charge is 2.51. The van der Waals surface area contributed by atoms with Crippen LogP contribution in [0.2, 0.25) is 0 Å². The van der Waals surface area contributed by atoms with E-state index in [0.717, 1.165) is 62.9 Å². The van der Waals surface area contributed by atoms with Crippen molar-refractivity contribution in [2.75, 3.05) is 24.5 Å². The number of fused-ring (bicyclic) bond motifs is 3. The lowest BCUT2D eigenvalue weighted by atomic mass is 9.51. The second-order valence-electron chi connectivity index (χ2n) is 16.4. The molecule has 4 aliphatic carbocycles. The van der Waals surface area contributed by atoms with Crippen LogP contribution in [0.1, 0.15) is 122 Å². The maximum atomic E-state index is 14.6. The number of hydrogen-bond donors (Lipinski definition) is 0. The van der Waals surface area contributed by atoms with Crippen molar-refractivity contribution in [3.8, 4) is 11.3 Å². The monoisotopic (exact) mass is 666 g/mol. The Labute approximate surface area is 291 Å². The average molecular weight is 667 g/mol. The zero-order chi connectivity index (χ0) is 34.3. The van der Waals surface area contributed by atoms with Gasteiger partial charge in [0.1, 0.15) is 6.10 Å². The molecule has 3 aromatic rings. The molecule has 49 heavy (non-hydrogen) atoms. The van der Waals surface area contributed by atoms with E-state index in [1.165, 1.54) is 11.1 Å². The molecule has 5 aliphatic rings. The molecule has 9 nitrogen and oxygen atoms in total. The normalized spacial score (nSPS) is 27.0. The third-order valence-corrected chi connectivity index (χ3v) is 12.3. The smallest absolute Gasteiger partial charge is 0.410 e. The molecule has 0 unspecified atom stereocenters. The van der Waals surface area contributed by atoms with Crippen LogP contribution in [0, 0.1) is 17.3 Å². The number of carbonyl (C=O) groups is 2. The number of aromatic nitrogens is 4. The first-order valence-electron chi connectivity index (χ1n) is 18.8. The van der Waals surface area contributed by atoms with Crippen LogP contribution in [0.5, 0.6) is 0 Å². The largest absolute Gasteiger partial charge is 0.446 e. The van der Waals surface area contributed by atoms with Crippen LogP contribution in [0.15, 0.2) is 49.1 Å². The molecule has 5 fully saturated rings. The summed E-state index contributed by atoms with van der Waals surface area (Å²) in [6.45, 7) is 13.1. The summed E-state index contributed by atoms with van der Waals surface area (Å²) in [6.07, 6.45) is 16.7. The maximum Gasteiger partial charge on any atom is 0.410 e. The molecule has 2 amide bonds. The molecule has 0 spiro atoms. The van der Waals surface area contributed by atoms with E-state index in [1.54, 1.807) is 17.3 Å². The van der Waals surface area contributed by atoms with Crippen LogP contribution in [0.4, 0.5) is 10.6 Å². The summed E-state index contributed by atoms with van der Waals surface area (Å²) in [7, 11) is 0. The Bertz CT molecular complexity index is 1610. The molecule has 1 aliphatic heterocycles. The van der Waals surface area contributed by atoms with Crippen LogP contribution in [-0.4, -0.2) is 62.4 Å². The summed E-state index contributed by atoms with van der Waals surface area (Å²) in [6, 6.07) is 9.64. The van der Waals surface area contributed by atoms with Gasteiger partial charge < -0.3 is 9.64 Å². The Hall–Kier alpha value is -3.75. The number of anilines is 1. The van der Waals surface area contributed by atoms with Crippen LogP contribution in [0.25, 0.3) is 11.3 Å². The predicted molar refractivity (Wildman–Crippen MR) is 191 cm³/mol. The molecule has 0 radical (unpaired) electrons. The summed E-state index contributed by atoms with van der Waals surface area (Å²) in [4.78, 5) is 40.6. The van der Waals surface area contributed by atoms with Crippen molar-refractivity contribution in [3.05, 3.63) is 60.2 Å². The van der Waals surface area contributed by atoms with Gasteiger partial charge in [-0.05, 0) is 112 Å². The van der Waals surface area contributed by atoms with E-state index in [1.807, 2.05) is 22.0 Å². The number of benzene rings is 1. The second kappa shape index (κ2) is 13.5. The Kier molecular flexibility index (Phi) is 9.31. The van der Waals surface area contributed by atoms with Crippen molar-refractivity contribution in [1.29, 1.82) is 0 Å². The fraction of sp³-hybridized carbons (Fsp3) is 0.625. The van der Waals surface area contributed by atoms with Gasteiger partial charge in [-0.25, -0.2) is 9.78 Å². The van der Waals surface area contributed by atoms with E-state index < -0.39 is 0 Å². The highest BCUT2D eigenvalue weighted by Crippen LogP contribution is 2.58. The van der Waals surface area contributed by atoms with Crippen LogP contribution in [0.3, 0.4) is 0 Å². The minimum absolute atomic E-state index is 0.0661. The standard InChI is InChI=1S/C40H54N6O3/c1-27(2)30-6-10-33(11-7-30)40-17-14-39(15-18-40,16-19-40)26-45(36-22-41-21-35(43-36)32-20-42-46(25-32)28(3)4)37(47)31-8-12-34(13-9-31)49-38(48)44-23-29(5)24-44/h6-7,10-11,20-22,25,27-29,31,34H,8-9,12-19,23-24,26H2,1-5H3. The van der Waals surface area contributed by atoms with Gasteiger partial charge in [0.25, 0.3) is 0 Å². The number of nitrogens with zero attached hydrogens (tertiary/aromatic N) is 6. The summed E-state index contributed by atoms with van der Waals surface area (Å²) in [5.74, 6) is 1.71. The van der Waals surface area contributed by atoms with Crippen LogP contribution in [-0.2, 0) is 14.9 Å². The van der Waals surface area contributed by atoms with E-state index in [0.29, 0.717) is 49.9 Å². The molecule has 262 valence electrons. The Balaban J connectivity index is 1.09. The van der Waals surface area contributed by atoms with Crippen molar-refractivity contribution in [2.45, 2.75) is 122 Å². The third kappa shape index (κ3) is 6.87. The lowest BCUT2D eigenvalue weighted by Crippen LogP contribution is -2.52. The lowest BCUT2D eigenvalue weighted by molar-refractivity contribution is -0.124.